The summed E-state index contributed by atoms with van der Waals surface area (Å²) in [5.41, 5.74) is 1.22. The van der Waals surface area contributed by atoms with Crippen molar-refractivity contribution in [2.24, 2.45) is 0 Å². The molecule has 0 spiro atoms. The van der Waals surface area contributed by atoms with Crippen molar-refractivity contribution < 1.29 is 18.9 Å². The second-order valence-corrected chi connectivity index (χ2v) is 8.72. The van der Waals surface area contributed by atoms with Crippen LogP contribution in [0.4, 0.5) is 15.8 Å². The molecule has 7 nitrogen and oxygen atoms in total. The Morgan fingerprint density at radius 3 is 2.47 bits per heavy atom. The first-order valence-electron chi connectivity index (χ1n) is 9.89. The molecule has 2 aromatic carbocycles. The lowest BCUT2D eigenvalue weighted by Gasteiger charge is -2.14. The van der Waals surface area contributed by atoms with Crippen molar-refractivity contribution in [1.82, 2.24) is 4.90 Å². The van der Waals surface area contributed by atoms with Crippen LogP contribution >= 0.6 is 24.0 Å². The Kier molecular flexibility index (Phi) is 8.07. The maximum Gasteiger partial charge on any atom is 0.269 e. The van der Waals surface area contributed by atoms with E-state index in [1.165, 1.54) is 53.1 Å². The van der Waals surface area contributed by atoms with Crippen molar-refractivity contribution in [3.05, 3.63) is 74.9 Å². The molecule has 0 aliphatic carbocycles. The number of carbonyl (C=O) groups excluding carboxylic acids is 2. The fraction of sp³-hybridized carbons (Fsp3) is 0.227. The number of rotatable bonds is 9. The molecule has 32 heavy (non-hydrogen) atoms. The van der Waals surface area contributed by atoms with E-state index in [0.29, 0.717) is 46.3 Å². The van der Waals surface area contributed by atoms with Gasteiger partial charge in [0.05, 0.1) is 9.83 Å². The van der Waals surface area contributed by atoms with E-state index < -0.39 is 4.92 Å². The summed E-state index contributed by atoms with van der Waals surface area (Å²) in [5, 5.41) is 13.5. The number of hydrogen-bond acceptors (Lipinski definition) is 6. The molecule has 0 saturated carbocycles. The van der Waals surface area contributed by atoms with Gasteiger partial charge in [0.15, 0.2) is 0 Å². The minimum atomic E-state index is -0.477. The molecule has 1 N–H and O–H groups in total. The Balaban J connectivity index is 1.43. The number of thioether (sulfide) groups is 1. The summed E-state index contributed by atoms with van der Waals surface area (Å²) in [6.07, 6.45) is 4.09. The normalized spacial score (nSPS) is 14.8. The van der Waals surface area contributed by atoms with Crippen LogP contribution in [0.2, 0.25) is 0 Å². The molecule has 1 saturated heterocycles. The zero-order valence-electron chi connectivity index (χ0n) is 17.0. The molecule has 0 bridgehead atoms. The van der Waals surface area contributed by atoms with Gasteiger partial charge in [-0.1, -0.05) is 30.4 Å². The lowest BCUT2D eigenvalue weighted by molar-refractivity contribution is -0.384. The van der Waals surface area contributed by atoms with E-state index in [0.717, 1.165) is 6.42 Å². The van der Waals surface area contributed by atoms with E-state index in [2.05, 4.69) is 5.32 Å². The molecule has 1 aliphatic heterocycles. The number of nitro groups is 1. The molecule has 1 fully saturated rings. The number of anilines is 1. The van der Waals surface area contributed by atoms with E-state index in [9.17, 15) is 24.1 Å². The van der Waals surface area contributed by atoms with Gasteiger partial charge in [0.25, 0.3) is 11.6 Å². The van der Waals surface area contributed by atoms with Gasteiger partial charge in [-0.05, 0) is 60.9 Å². The molecule has 166 valence electrons. The first-order chi connectivity index (χ1) is 15.3. The largest absolute Gasteiger partial charge is 0.326 e. The van der Waals surface area contributed by atoms with E-state index in [1.54, 1.807) is 18.2 Å². The predicted molar refractivity (Wildman–Crippen MR) is 126 cm³/mol. The highest BCUT2D eigenvalue weighted by molar-refractivity contribution is 8.26. The highest BCUT2D eigenvalue weighted by Crippen LogP contribution is 2.33. The zero-order valence-corrected chi connectivity index (χ0v) is 18.6. The number of benzene rings is 2. The number of nitrogens with one attached hydrogen (secondary N) is 1. The highest BCUT2D eigenvalue weighted by Gasteiger charge is 2.31. The van der Waals surface area contributed by atoms with Gasteiger partial charge >= 0.3 is 0 Å². The summed E-state index contributed by atoms with van der Waals surface area (Å²) in [5.74, 6) is -0.693. The number of unbranched alkanes of at least 4 members (excludes halogenated alkanes) is 2. The second kappa shape index (κ2) is 11.0. The van der Waals surface area contributed by atoms with Crippen molar-refractivity contribution in [2.45, 2.75) is 25.7 Å². The van der Waals surface area contributed by atoms with E-state index >= 15 is 0 Å². The van der Waals surface area contributed by atoms with Crippen molar-refractivity contribution >= 4 is 57.6 Å². The lowest BCUT2D eigenvalue weighted by atomic mass is 10.1. The van der Waals surface area contributed by atoms with Crippen LogP contribution in [0.15, 0.2) is 53.4 Å². The Hall–Kier alpha value is -3.11. The summed E-state index contributed by atoms with van der Waals surface area (Å²) < 4.78 is 13.4. The predicted octanol–water partition coefficient (Wildman–Crippen LogP) is 5.13. The van der Waals surface area contributed by atoms with Crippen LogP contribution in [0, 0.1) is 15.9 Å². The average Bonchev–Trinajstić information content (AvgIpc) is 3.02. The molecule has 0 atom stereocenters. The number of non-ortho nitro benzene ring substituents is 1. The molecule has 2 amide bonds. The van der Waals surface area contributed by atoms with Crippen LogP contribution in [0.5, 0.6) is 0 Å². The Bertz CT molecular complexity index is 1060. The molecular weight excluding hydrogens is 453 g/mol. The third kappa shape index (κ3) is 6.44. The first kappa shape index (κ1) is 23.6. The number of carbonyl (C=O) groups is 2. The number of hydrogen-bond donors (Lipinski definition) is 1. The molecule has 0 aromatic heterocycles. The van der Waals surface area contributed by atoms with Crippen LogP contribution in [-0.2, 0) is 9.59 Å². The fourth-order valence-corrected chi connectivity index (χ4v) is 4.33. The standard InChI is InChI=1S/C22H20FN3O4S2/c23-16-7-9-17(10-8-16)24-20(27)4-2-1-3-13-25-21(28)19(32-22(25)31)14-15-5-11-18(12-6-15)26(29)30/h5-12,14H,1-4,13H2,(H,24,27)/b19-14-. The summed E-state index contributed by atoms with van der Waals surface area (Å²) in [7, 11) is 0. The lowest BCUT2D eigenvalue weighted by Crippen LogP contribution is -2.29. The van der Waals surface area contributed by atoms with Gasteiger partial charge in [0.2, 0.25) is 5.91 Å². The number of amides is 2. The van der Waals surface area contributed by atoms with Crippen molar-refractivity contribution in [1.29, 1.82) is 0 Å². The van der Waals surface area contributed by atoms with Gasteiger partial charge in [-0.2, -0.15) is 0 Å². The number of nitrogens with zero attached hydrogens (tertiary/aromatic N) is 2. The first-order valence-corrected chi connectivity index (χ1v) is 11.1. The summed E-state index contributed by atoms with van der Waals surface area (Å²) in [6, 6.07) is 11.5. The summed E-state index contributed by atoms with van der Waals surface area (Å²) in [6.45, 7) is 0.460. The van der Waals surface area contributed by atoms with Crippen LogP contribution < -0.4 is 5.32 Å². The van der Waals surface area contributed by atoms with E-state index in [1.807, 2.05) is 0 Å². The SMILES string of the molecule is O=C(CCCCCN1C(=O)/C(=C/c2ccc([N+](=O)[O-])cc2)SC1=S)Nc1ccc(F)cc1. The van der Waals surface area contributed by atoms with Crippen molar-refractivity contribution in [3.63, 3.8) is 0 Å². The van der Waals surface area contributed by atoms with E-state index in [4.69, 9.17) is 12.2 Å². The fourth-order valence-electron chi connectivity index (χ4n) is 3.03. The van der Waals surface area contributed by atoms with Crippen molar-refractivity contribution in [2.75, 3.05) is 11.9 Å². The molecule has 0 unspecified atom stereocenters. The summed E-state index contributed by atoms with van der Waals surface area (Å²) in [4.78, 5) is 36.9. The van der Waals surface area contributed by atoms with Gasteiger partial charge < -0.3 is 5.32 Å². The molecule has 3 rings (SSSR count). The monoisotopic (exact) mass is 473 g/mol. The van der Waals surface area contributed by atoms with Gasteiger partial charge in [0.1, 0.15) is 10.1 Å². The maximum absolute atomic E-state index is 12.9. The van der Waals surface area contributed by atoms with Gasteiger partial charge in [0, 0.05) is 30.8 Å². The average molecular weight is 474 g/mol. The van der Waals surface area contributed by atoms with Gasteiger partial charge in [-0.15, -0.1) is 0 Å². The Morgan fingerprint density at radius 1 is 1.12 bits per heavy atom. The maximum atomic E-state index is 12.9. The van der Waals surface area contributed by atoms with Gasteiger partial charge in [-0.25, -0.2) is 4.39 Å². The van der Waals surface area contributed by atoms with Crippen LogP contribution in [0.3, 0.4) is 0 Å². The molecular formula is C22H20FN3O4S2. The van der Waals surface area contributed by atoms with Crippen LogP contribution in [0.1, 0.15) is 31.2 Å². The second-order valence-electron chi connectivity index (χ2n) is 7.05. The van der Waals surface area contributed by atoms with Crippen molar-refractivity contribution in [3.8, 4) is 0 Å². The quantitative estimate of drug-likeness (QED) is 0.178. The highest BCUT2D eigenvalue weighted by atomic mass is 32.2. The van der Waals surface area contributed by atoms with Crippen LogP contribution in [0.25, 0.3) is 6.08 Å². The smallest absolute Gasteiger partial charge is 0.269 e. The molecule has 10 heteroatoms. The minimum Gasteiger partial charge on any atom is -0.326 e. The Morgan fingerprint density at radius 2 is 1.81 bits per heavy atom. The Labute approximate surface area is 193 Å². The third-order valence-corrected chi connectivity index (χ3v) is 6.07. The van der Waals surface area contributed by atoms with E-state index in [-0.39, 0.29) is 23.3 Å². The molecule has 2 aromatic rings. The molecule has 0 radical (unpaired) electrons. The number of halogens is 1. The molecule has 1 aliphatic rings. The minimum absolute atomic E-state index is 0.0129. The molecule has 1 heterocycles. The third-order valence-electron chi connectivity index (χ3n) is 4.69. The number of nitro benzene ring substituents is 1. The number of thiocarbonyl (C=S) groups is 1. The van der Waals surface area contributed by atoms with Crippen LogP contribution in [-0.4, -0.2) is 32.5 Å². The van der Waals surface area contributed by atoms with Gasteiger partial charge in [-0.3, -0.25) is 24.6 Å². The zero-order chi connectivity index (χ0) is 23.1. The summed E-state index contributed by atoms with van der Waals surface area (Å²) >= 11 is 6.52. The topological polar surface area (TPSA) is 92.5 Å².